The number of carbonyl (C=O) groups excluding carboxylic acids is 1. The predicted molar refractivity (Wildman–Crippen MR) is 122 cm³/mol. The number of carboxylic acid groups (broad SMARTS) is 1. The summed E-state index contributed by atoms with van der Waals surface area (Å²) in [6, 6.07) is 9.68. The fourth-order valence-corrected chi connectivity index (χ4v) is 4.82. The van der Waals surface area contributed by atoms with Crippen LogP contribution in [0.3, 0.4) is 0 Å². The van der Waals surface area contributed by atoms with Gasteiger partial charge in [0.2, 0.25) is 5.91 Å². The average molecular weight is 433 g/mol. The van der Waals surface area contributed by atoms with Gasteiger partial charge in [-0.15, -0.1) is 0 Å². The van der Waals surface area contributed by atoms with E-state index in [1.807, 2.05) is 35.3 Å². The van der Waals surface area contributed by atoms with E-state index in [-0.39, 0.29) is 36.3 Å². The Labute approximate surface area is 187 Å². The summed E-state index contributed by atoms with van der Waals surface area (Å²) in [6.07, 6.45) is 4.36. The molecule has 6 heteroatoms. The SMILES string of the molecule is CCCCC(C(CC(=O)O)C(=O)N(Cc1ccccc1)N1CCCC1CO)C(C)(C)C. The Hall–Kier alpha value is -1.92. The second kappa shape index (κ2) is 11.6. The zero-order chi connectivity index (χ0) is 23.0. The summed E-state index contributed by atoms with van der Waals surface area (Å²) in [6.45, 7) is 9.48. The maximum Gasteiger partial charge on any atom is 0.304 e. The van der Waals surface area contributed by atoms with E-state index in [4.69, 9.17) is 0 Å². The summed E-state index contributed by atoms with van der Waals surface area (Å²) in [5.74, 6) is -1.72. The number of amides is 1. The smallest absolute Gasteiger partial charge is 0.304 e. The summed E-state index contributed by atoms with van der Waals surface area (Å²) in [5.41, 5.74) is 0.805. The third-order valence-corrected chi connectivity index (χ3v) is 6.47. The first-order valence-electron chi connectivity index (χ1n) is 11.6. The molecule has 1 fully saturated rings. The van der Waals surface area contributed by atoms with Crippen molar-refractivity contribution in [3.05, 3.63) is 35.9 Å². The monoisotopic (exact) mass is 432 g/mol. The molecule has 31 heavy (non-hydrogen) atoms. The van der Waals surface area contributed by atoms with Crippen LogP contribution >= 0.6 is 0 Å². The highest BCUT2D eigenvalue weighted by Gasteiger charge is 2.42. The van der Waals surface area contributed by atoms with E-state index in [9.17, 15) is 19.8 Å². The van der Waals surface area contributed by atoms with Gasteiger partial charge in [0.1, 0.15) is 0 Å². The van der Waals surface area contributed by atoms with Crippen molar-refractivity contribution >= 4 is 11.9 Å². The zero-order valence-electron chi connectivity index (χ0n) is 19.6. The molecule has 0 aromatic heterocycles. The maximum atomic E-state index is 14.0. The lowest BCUT2D eigenvalue weighted by molar-refractivity contribution is -0.165. The van der Waals surface area contributed by atoms with Crippen LogP contribution < -0.4 is 0 Å². The number of rotatable bonds is 11. The van der Waals surface area contributed by atoms with Crippen molar-refractivity contribution in [1.82, 2.24) is 10.0 Å². The Morgan fingerprint density at radius 3 is 2.45 bits per heavy atom. The summed E-state index contributed by atoms with van der Waals surface area (Å²) in [5, 5.41) is 23.3. The number of nitrogens with zero attached hydrogens (tertiary/aromatic N) is 2. The molecule has 1 aromatic rings. The minimum absolute atomic E-state index is 0.0132. The predicted octanol–water partition coefficient (Wildman–Crippen LogP) is 4.33. The van der Waals surface area contributed by atoms with E-state index in [1.165, 1.54) is 0 Å². The number of carbonyl (C=O) groups is 2. The first-order chi connectivity index (χ1) is 14.7. The Kier molecular flexibility index (Phi) is 9.51. The van der Waals surface area contributed by atoms with Crippen LogP contribution in [-0.2, 0) is 16.1 Å². The molecule has 1 amide bonds. The van der Waals surface area contributed by atoms with E-state index < -0.39 is 11.9 Å². The summed E-state index contributed by atoms with van der Waals surface area (Å²) in [7, 11) is 0. The molecule has 0 spiro atoms. The molecule has 2 N–H and O–H groups in total. The first kappa shape index (κ1) is 25.3. The van der Waals surface area contributed by atoms with Crippen LogP contribution in [0.1, 0.15) is 71.8 Å². The first-order valence-corrected chi connectivity index (χ1v) is 11.6. The number of aliphatic carboxylic acids is 1. The number of unbranched alkanes of at least 4 members (excludes halogenated alkanes) is 1. The van der Waals surface area contributed by atoms with E-state index >= 15 is 0 Å². The van der Waals surface area contributed by atoms with Crippen molar-refractivity contribution in [2.24, 2.45) is 17.3 Å². The number of hydrazine groups is 1. The fourth-order valence-electron chi connectivity index (χ4n) is 4.82. The van der Waals surface area contributed by atoms with E-state index in [0.29, 0.717) is 13.1 Å². The van der Waals surface area contributed by atoms with Gasteiger partial charge in [-0.2, -0.15) is 0 Å². The highest BCUT2D eigenvalue weighted by molar-refractivity contribution is 5.83. The van der Waals surface area contributed by atoms with Crippen molar-refractivity contribution in [2.75, 3.05) is 13.2 Å². The number of benzene rings is 1. The number of hydrogen-bond donors (Lipinski definition) is 2. The Morgan fingerprint density at radius 1 is 1.23 bits per heavy atom. The molecular weight excluding hydrogens is 392 g/mol. The van der Waals surface area contributed by atoms with Crippen LogP contribution in [0.25, 0.3) is 0 Å². The lowest BCUT2D eigenvalue weighted by Gasteiger charge is -2.42. The van der Waals surface area contributed by atoms with Gasteiger partial charge in [-0.1, -0.05) is 70.9 Å². The standard InChI is InChI=1S/C25H40N2O4/c1-5-6-14-22(25(2,3)4)21(16-23(29)30)24(31)27(17-19-11-8-7-9-12-19)26-15-10-13-20(26)18-28/h7-9,11-12,20-22,28H,5-6,10,13-18H2,1-4H3,(H,29,30). The van der Waals surface area contributed by atoms with Gasteiger partial charge in [-0.25, -0.2) is 5.01 Å². The molecule has 1 aliphatic rings. The quantitative estimate of drug-likeness (QED) is 0.544. The third-order valence-electron chi connectivity index (χ3n) is 6.47. The van der Waals surface area contributed by atoms with Crippen LogP contribution in [0, 0.1) is 17.3 Å². The van der Waals surface area contributed by atoms with Crippen LogP contribution in [0.5, 0.6) is 0 Å². The molecule has 1 heterocycles. The number of hydrogen-bond acceptors (Lipinski definition) is 4. The molecule has 3 atom stereocenters. The summed E-state index contributed by atoms with van der Waals surface area (Å²) < 4.78 is 0. The third kappa shape index (κ3) is 7.04. The van der Waals surface area contributed by atoms with Crippen LogP contribution in [0.2, 0.25) is 0 Å². The van der Waals surface area contributed by atoms with Gasteiger partial charge in [0.15, 0.2) is 0 Å². The molecule has 1 saturated heterocycles. The molecule has 0 bridgehead atoms. The Balaban J connectivity index is 2.43. The highest BCUT2D eigenvalue weighted by Crippen LogP contribution is 2.39. The maximum absolute atomic E-state index is 14.0. The van der Waals surface area contributed by atoms with Crippen molar-refractivity contribution < 1.29 is 19.8 Å². The lowest BCUT2D eigenvalue weighted by Crippen LogP contribution is -2.53. The molecule has 174 valence electrons. The van der Waals surface area contributed by atoms with Gasteiger partial charge >= 0.3 is 5.97 Å². The topological polar surface area (TPSA) is 81.1 Å². The van der Waals surface area contributed by atoms with Crippen LogP contribution in [0.15, 0.2) is 30.3 Å². The van der Waals surface area contributed by atoms with Crippen LogP contribution in [0.4, 0.5) is 0 Å². The van der Waals surface area contributed by atoms with Gasteiger partial charge in [-0.3, -0.25) is 14.6 Å². The van der Waals surface area contributed by atoms with Crippen molar-refractivity contribution in [3.63, 3.8) is 0 Å². The molecule has 1 aliphatic heterocycles. The van der Waals surface area contributed by atoms with Gasteiger partial charge in [-0.05, 0) is 36.2 Å². The molecule has 0 aliphatic carbocycles. The minimum Gasteiger partial charge on any atom is -0.481 e. The average Bonchev–Trinajstić information content (AvgIpc) is 3.19. The minimum atomic E-state index is -0.941. The second-order valence-corrected chi connectivity index (χ2v) is 9.84. The van der Waals surface area contributed by atoms with Gasteiger partial charge in [0.05, 0.1) is 31.5 Å². The highest BCUT2D eigenvalue weighted by atomic mass is 16.4. The molecule has 0 saturated carbocycles. The number of aliphatic hydroxyl groups excluding tert-OH is 1. The van der Waals surface area contributed by atoms with E-state index in [1.54, 1.807) is 5.01 Å². The molecule has 1 aromatic carbocycles. The molecule has 6 nitrogen and oxygen atoms in total. The largest absolute Gasteiger partial charge is 0.481 e. The lowest BCUT2D eigenvalue weighted by atomic mass is 9.69. The van der Waals surface area contributed by atoms with Crippen molar-refractivity contribution in [1.29, 1.82) is 0 Å². The van der Waals surface area contributed by atoms with Crippen LogP contribution in [-0.4, -0.2) is 51.3 Å². The molecule has 2 rings (SSSR count). The number of aliphatic hydroxyl groups is 1. The van der Waals surface area contributed by atoms with E-state index in [2.05, 4.69) is 27.7 Å². The summed E-state index contributed by atoms with van der Waals surface area (Å²) in [4.78, 5) is 25.8. The van der Waals surface area contributed by atoms with Gasteiger partial charge in [0.25, 0.3) is 0 Å². The summed E-state index contributed by atoms with van der Waals surface area (Å²) >= 11 is 0. The van der Waals surface area contributed by atoms with Crippen molar-refractivity contribution in [2.45, 2.75) is 78.8 Å². The van der Waals surface area contributed by atoms with Gasteiger partial charge in [0, 0.05) is 6.54 Å². The zero-order valence-corrected chi connectivity index (χ0v) is 19.6. The fraction of sp³-hybridized carbons (Fsp3) is 0.680. The van der Waals surface area contributed by atoms with E-state index in [0.717, 1.165) is 37.7 Å². The second-order valence-electron chi connectivity index (χ2n) is 9.84. The van der Waals surface area contributed by atoms with Gasteiger partial charge < -0.3 is 10.2 Å². The number of carboxylic acids is 1. The normalized spacial score (nSPS) is 19.2. The Bertz CT molecular complexity index is 701. The van der Waals surface area contributed by atoms with Crippen molar-refractivity contribution in [3.8, 4) is 0 Å². The molecular formula is C25H40N2O4. The molecule has 3 unspecified atom stereocenters. The Morgan fingerprint density at radius 2 is 1.90 bits per heavy atom. The molecule has 0 radical (unpaired) electrons.